The van der Waals surface area contributed by atoms with E-state index < -0.39 is 29.9 Å². The summed E-state index contributed by atoms with van der Waals surface area (Å²) in [4.78, 5) is 44.6. The monoisotopic (exact) mass is 675 g/mol. The maximum atomic E-state index is 12.4. The van der Waals surface area contributed by atoms with Crippen molar-refractivity contribution in [1.29, 1.82) is 10.8 Å². The van der Waals surface area contributed by atoms with Crippen molar-refractivity contribution in [3.8, 4) is 11.5 Å². The van der Waals surface area contributed by atoms with Crippen LogP contribution in [0.25, 0.3) is 0 Å². The highest BCUT2D eigenvalue weighted by molar-refractivity contribution is 6.41. The summed E-state index contributed by atoms with van der Waals surface area (Å²) in [5.41, 5.74) is 7.19. The third kappa shape index (κ3) is 12.3. The quantitative estimate of drug-likeness (QED) is 0.0654. The van der Waals surface area contributed by atoms with E-state index in [9.17, 15) is 45.5 Å². The fourth-order valence-corrected chi connectivity index (χ4v) is 3.81. The first-order valence-corrected chi connectivity index (χ1v) is 13.7. The predicted octanol–water partition coefficient (Wildman–Crippen LogP) is 3.39. The number of nitrogens with two attached hydrogens (primary N) is 1. The van der Waals surface area contributed by atoms with Crippen molar-refractivity contribution in [2.24, 2.45) is 5.73 Å². The van der Waals surface area contributed by atoms with Crippen LogP contribution in [0.15, 0.2) is 42.5 Å². The molecule has 0 aromatic heterocycles. The van der Waals surface area contributed by atoms with Crippen molar-refractivity contribution >= 4 is 35.1 Å². The smallest absolute Gasteiger partial charge is 0.458 e. The molecule has 47 heavy (non-hydrogen) atoms. The lowest BCUT2D eigenvalue weighted by atomic mass is 10.1. The molecule has 1 aliphatic heterocycles. The van der Waals surface area contributed by atoms with Crippen molar-refractivity contribution < 1.29 is 59.7 Å². The van der Waals surface area contributed by atoms with Gasteiger partial charge >= 0.3 is 29.9 Å². The summed E-state index contributed by atoms with van der Waals surface area (Å²) in [6.07, 6.45) is -9.35. The summed E-state index contributed by atoms with van der Waals surface area (Å²) in [6.45, 7) is 3.82. The number of ketones is 2. The molecule has 1 heterocycles. The molecule has 1 aliphatic rings. The lowest BCUT2D eigenvalue weighted by molar-refractivity contribution is -0.193. The summed E-state index contributed by atoms with van der Waals surface area (Å²) in [6, 6.07) is 11.7. The molecule has 18 heteroatoms. The molecule has 2 aromatic rings. The van der Waals surface area contributed by atoms with Gasteiger partial charge in [0.15, 0.2) is 11.5 Å². The van der Waals surface area contributed by atoms with E-state index in [0.29, 0.717) is 35.0 Å². The number of nitrogens with one attached hydrogen (secondary N) is 3. The largest absolute Gasteiger partial charge is 0.488 e. The SMILES string of the molecule is CC(=O)NCCOc1ccc(C(=N)N)cc1OCCOC(=O)c1ccc(C(=N)N2CCCC2)cc1.O=C(C(=O)C(F)(F)F)C(F)(F)F. The molecule has 3 rings (SSSR count). The lowest BCUT2D eigenvalue weighted by Gasteiger charge is -2.18. The number of halogens is 6. The molecule has 2 aromatic carbocycles. The van der Waals surface area contributed by atoms with Gasteiger partial charge in [0, 0.05) is 31.1 Å². The van der Waals surface area contributed by atoms with Crippen molar-refractivity contribution in [1.82, 2.24) is 10.2 Å². The fraction of sp³-hybridized carbons (Fsp3) is 0.379. The summed E-state index contributed by atoms with van der Waals surface area (Å²) < 4.78 is 83.6. The Kier molecular flexibility index (Phi) is 13.7. The average molecular weight is 676 g/mol. The van der Waals surface area contributed by atoms with Crippen molar-refractivity contribution in [3.63, 3.8) is 0 Å². The molecule has 0 radical (unpaired) electrons. The van der Waals surface area contributed by atoms with E-state index in [1.807, 2.05) is 4.90 Å². The standard InChI is InChI=1S/C25H31N5O5.C4F6O2/c1-17(31)29-10-13-33-21-9-8-20(23(26)27)16-22(21)34-14-15-35-25(32)19-6-4-18(5-7-19)24(28)30-11-2-3-12-30;5-3(6,7)1(11)2(12)4(8,9)10/h4-9,16,28H,2-3,10-15H2,1H3,(H3,26,27)(H,29,31);. The van der Waals surface area contributed by atoms with E-state index in [2.05, 4.69) is 5.32 Å². The molecule has 5 N–H and O–H groups in total. The van der Waals surface area contributed by atoms with Crippen LogP contribution in [-0.4, -0.2) is 91.8 Å². The topological polar surface area (TPSA) is 185 Å². The number of ether oxygens (including phenoxy) is 3. The second-order valence-electron chi connectivity index (χ2n) is 9.66. The molecule has 0 atom stereocenters. The normalized spacial score (nSPS) is 12.7. The first kappa shape index (κ1) is 38.0. The summed E-state index contributed by atoms with van der Waals surface area (Å²) in [7, 11) is 0. The van der Waals surface area contributed by atoms with E-state index in [1.54, 1.807) is 42.5 Å². The zero-order valence-electron chi connectivity index (χ0n) is 24.8. The van der Waals surface area contributed by atoms with Crippen LogP contribution in [-0.2, 0) is 19.1 Å². The zero-order chi connectivity index (χ0) is 35.4. The number of alkyl halides is 6. The molecule has 0 bridgehead atoms. The Bertz CT molecular complexity index is 1430. The van der Waals surface area contributed by atoms with Gasteiger partial charge in [-0.1, -0.05) is 12.1 Å². The number of hydrogen-bond acceptors (Lipinski definition) is 9. The van der Waals surface area contributed by atoms with Crippen LogP contribution in [0.5, 0.6) is 11.5 Å². The van der Waals surface area contributed by atoms with Crippen LogP contribution < -0.4 is 20.5 Å². The number of rotatable bonds is 12. The van der Waals surface area contributed by atoms with Gasteiger partial charge in [-0.15, -0.1) is 0 Å². The number of hydrogen-bond donors (Lipinski definition) is 4. The number of nitrogen functional groups attached to an aromatic ring is 1. The van der Waals surface area contributed by atoms with E-state index in [-0.39, 0.29) is 31.6 Å². The van der Waals surface area contributed by atoms with E-state index in [4.69, 9.17) is 30.8 Å². The van der Waals surface area contributed by atoms with Gasteiger partial charge in [-0.25, -0.2) is 4.79 Å². The maximum Gasteiger partial charge on any atom is 0.458 e. The third-order valence-electron chi connectivity index (χ3n) is 6.10. The summed E-state index contributed by atoms with van der Waals surface area (Å²) in [5.74, 6) is -6.34. The summed E-state index contributed by atoms with van der Waals surface area (Å²) in [5, 5.41) is 18.6. The third-order valence-corrected chi connectivity index (χ3v) is 6.10. The van der Waals surface area contributed by atoms with Gasteiger partial charge in [-0.05, 0) is 43.2 Å². The lowest BCUT2D eigenvalue weighted by Crippen LogP contribution is -2.39. The molecule has 1 saturated heterocycles. The van der Waals surface area contributed by atoms with Crippen molar-refractivity contribution in [2.75, 3.05) is 39.5 Å². The Balaban J connectivity index is 0.000000544. The van der Waals surface area contributed by atoms with Crippen LogP contribution in [0.1, 0.15) is 41.3 Å². The van der Waals surface area contributed by atoms with E-state index >= 15 is 0 Å². The first-order valence-electron chi connectivity index (χ1n) is 13.7. The molecule has 12 nitrogen and oxygen atoms in total. The Morgan fingerprint density at radius 3 is 1.81 bits per heavy atom. The molecule has 0 spiro atoms. The van der Waals surface area contributed by atoms with Crippen molar-refractivity contribution in [3.05, 3.63) is 59.2 Å². The number of benzene rings is 2. The highest BCUT2D eigenvalue weighted by Gasteiger charge is 2.54. The maximum absolute atomic E-state index is 12.4. The molecular weight excluding hydrogens is 644 g/mol. The molecule has 0 saturated carbocycles. The number of likely N-dealkylation sites (tertiary alicyclic amines) is 1. The van der Waals surface area contributed by atoms with Gasteiger partial charge in [0.1, 0.15) is 31.5 Å². The second-order valence-corrected chi connectivity index (χ2v) is 9.66. The van der Waals surface area contributed by atoms with E-state index in [1.165, 1.54) is 6.92 Å². The van der Waals surface area contributed by atoms with Crippen LogP contribution in [0.4, 0.5) is 26.3 Å². The minimum absolute atomic E-state index is 0.000185. The highest BCUT2D eigenvalue weighted by atomic mass is 19.4. The molecule has 256 valence electrons. The minimum Gasteiger partial charge on any atom is -0.488 e. The Morgan fingerprint density at radius 2 is 1.30 bits per heavy atom. The Labute approximate surface area is 264 Å². The van der Waals surface area contributed by atoms with Gasteiger partial charge in [-0.3, -0.25) is 25.2 Å². The summed E-state index contributed by atoms with van der Waals surface area (Å²) >= 11 is 0. The van der Waals surface area contributed by atoms with Gasteiger partial charge in [0.05, 0.1) is 12.1 Å². The molecular formula is C29H31F6N5O7. The van der Waals surface area contributed by atoms with Crippen LogP contribution in [0.2, 0.25) is 0 Å². The van der Waals surface area contributed by atoms with Crippen molar-refractivity contribution in [2.45, 2.75) is 32.1 Å². The number of carbonyl (C=O) groups is 4. The molecule has 0 unspecified atom stereocenters. The van der Waals surface area contributed by atoms with E-state index in [0.717, 1.165) is 31.5 Å². The Hall–Kier alpha value is -5.16. The average Bonchev–Trinajstić information content (AvgIpc) is 3.55. The minimum atomic E-state index is -5.77. The van der Waals surface area contributed by atoms with Gasteiger partial charge in [-0.2, -0.15) is 26.3 Å². The molecule has 0 aliphatic carbocycles. The number of amides is 1. The van der Waals surface area contributed by atoms with Crippen LogP contribution in [0.3, 0.4) is 0 Å². The first-order chi connectivity index (χ1) is 21.9. The number of carbonyl (C=O) groups excluding carboxylic acids is 4. The number of esters is 1. The number of amidine groups is 2. The second kappa shape index (κ2) is 17.0. The van der Waals surface area contributed by atoms with Crippen LogP contribution >= 0.6 is 0 Å². The highest BCUT2D eigenvalue weighted by Crippen LogP contribution is 2.28. The number of nitrogens with zero attached hydrogens (tertiary/aromatic N) is 1. The van der Waals surface area contributed by atoms with Gasteiger partial charge in [0.2, 0.25) is 5.91 Å². The fourth-order valence-electron chi connectivity index (χ4n) is 3.81. The van der Waals surface area contributed by atoms with Crippen LogP contribution in [0, 0.1) is 10.8 Å². The van der Waals surface area contributed by atoms with Gasteiger partial charge < -0.3 is 30.2 Å². The molecule has 1 fully saturated rings. The Morgan fingerprint density at radius 1 is 0.787 bits per heavy atom. The predicted molar refractivity (Wildman–Crippen MR) is 154 cm³/mol. The molecule has 1 amide bonds. The van der Waals surface area contributed by atoms with Gasteiger partial charge in [0.25, 0.3) is 0 Å². The zero-order valence-corrected chi connectivity index (χ0v) is 24.8. The number of Topliss-reactive ketones (excluding diaryl/α,β-unsaturated/α-hetero) is 2.